The van der Waals surface area contributed by atoms with Crippen LogP contribution in [0.15, 0.2) is 160 Å². The summed E-state index contributed by atoms with van der Waals surface area (Å²) in [6.45, 7) is 9.50. The van der Waals surface area contributed by atoms with Crippen molar-refractivity contribution < 1.29 is 122 Å². The minimum absolute atomic E-state index is 0.0191. The van der Waals surface area contributed by atoms with Gasteiger partial charge in [0.1, 0.15) is 80.5 Å². The number of halogens is 1. The fourth-order valence-corrected chi connectivity index (χ4v) is 15.1. The van der Waals surface area contributed by atoms with Gasteiger partial charge in [0.2, 0.25) is 0 Å². The Kier molecular flexibility index (Phi) is 42.9. The van der Waals surface area contributed by atoms with E-state index in [9.17, 15) is 79.2 Å². The van der Waals surface area contributed by atoms with Gasteiger partial charge >= 0.3 is 23.9 Å². The highest BCUT2D eigenvalue weighted by Gasteiger charge is 2.30. The molecule has 8 N–H and O–H groups in total. The number of fused-ring (bicyclic) bond motifs is 4. The van der Waals surface area contributed by atoms with Gasteiger partial charge in [0, 0.05) is 115 Å². The van der Waals surface area contributed by atoms with E-state index >= 15 is 0 Å². The zero-order valence-electron chi connectivity index (χ0n) is 74.4. The van der Waals surface area contributed by atoms with E-state index in [4.69, 9.17) is 54.6 Å². The van der Waals surface area contributed by atoms with Crippen LogP contribution in [-0.2, 0) is 87.9 Å². The largest absolute Gasteiger partial charge is 0.508 e. The Morgan fingerprint density at radius 2 is 0.634 bits per heavy atom. The number of morpholine rings is 1. The van der Waals surface area contributed by atoms with E-state index in [0.717, 1.165) is 173 Å². The molecule has 4 aromatic carbocycles. The topological polar surface area (TPSA) is 444 Å². The number of allylic oxidation sites excluding steroid dienone is 12. The van der Waals surface area contributed by atoms with Crippen molar-refractivity contribution in [2.75, 3.05) is 105 Å². The smallest absolute Gasteiger partial charge is 0.342 e. The maximum absolute atomic E-state index is 12.8. The zero-order valence-corrected chi connectivity index (χ0v) is 75.2. The van der Waals surface area contributed by atoms with Crippen molar-refractivity contribution in [1.29, 1.82) is 0 Å². The first-order valence-electron chi connectivity index (χ1n) is 44.7. The number of phenolic OH excluding ortho intramolecular Hbond substituents is 8. The number of oxime groups is 4. The third-order valence-corrected chi connectivity index (χ3v) is 22.0. The molecule has 131 heavy (non-hydrogen) atoms. The monoisotopic (exact) mass is 1830 g/mol. The number of aromatic hydroxyl groups is 8. The summed E-state index contributed by atoms with van der Waals surface area (Å²) in [7, 11) is 0. The molecule has 0 aliphatic carbocycles. The van der Waals surface area contributed by atoms with Crippen molar-refractivity contribution in [3.63, 3.8) is 0 Å². The van der Waals surface area contributed by atoms with Gasteiger partial charge in [0.25, 0.3) is 23.6 Å². The van der Waals surface area contributed by atoms with E-state index in [1.54, 1.807) is 57.8 Å². The predicted octanol–water partition coefficient (Wildman–Crippen LogP) is 14.2. The third kappa shape index (κ3) is 34.8. The number of carbonyl (C=O) groups is 8. The maximum Gasteiger partial charge on any atom is 0.342 e. The van der Waals surface area contributed by atoms with Crippen LogP contribution >= 0.6 is 11.6 Å². The summed E-state index contributed by atoms with van der Waals surface area (Å²) in [6, 6.07) is 8.50. The molecule has 0 unspecified atom stereocenters. The van der Waals surface area contributed by atoms with Crippen LogP contribution in [0, 0.1) is 0 Å². The Balaban J connectivity index is 0.000000197. The highest BCUT2D eigenvalue weighted by Crippen LogP contribution is 2.39. The number of phenols is 8. The molecule has 33 nitrogen and oxygen atoms in total. The molecule has 0 aromatic heterocycles. The first-order chi connectivity index (χ1) is 63.4. The molecule has 0 spiro atoms. The standard InChI is InChI=1S/2C25H32N2O6.C24H30N2O6.C23H27ClN2O7/c2*1-18-10-6-3-2-4-7-11-20(26-32-17-23(30)27-12-8-5-9-13-27)14-19-15-21(28)16-22(29)24(19)25(31)33-18;27-20-15-18-14-19(25-32-17-22(29)26-11-7-5-8-12-26)10-6-3-1-2-4-9-13-31-24(30)23(18)21(28)16-20;24-22-17-13-16(25-33-15-20(29)26-8-11-31-12-9-26)7-5-3-1-2-4-6-10-32-23(30)21(17)18(27)14-19(22)28/h2*3,6-7,11,15-16,18,28-29H,2,4-5,8-10,12-14,17H2,1H3;2,4,6,10,15-16,27-28H,1,3,5,7-9,11-14,17H2;2,4-5,7,14,27-28H,1,3,6,8-13,15H2/b6-3+,11-7+,26-20+;6-3+,11-7+,26-20-;4-2+,10-6+,25-19+;4-2+,7-5+,25-16-/t2*18-;;/m11../s1. The minimum Gasteiger partial charge on any atom is -0.508 e. The second kappa shape index (κ2) is 55.2. The predicted molar refractivity (Wildman–Crippen MR) is 490 cm³/mol. The van der Waals surface area contributed by atoms with E-state index in [2.05, 4.69) is 20.6 Å². The summed E-state index contributed by atoms with van der Waals surface area (Å²) in [5.41, 5.74) is 2.72. The number of nitrogens with zero attached hydrogens (tertiary/aromatic N) is 8. The highest BCUT2D eigenvalue weighted by molar-refractivity contribution is 6.33. The highest BCUT2D eigenvalue weighted by atomic mass is 35.5. The Labute approximate surface area is 767 Å². The lowest BCUT2D eigenvalue weighted by atomic mass is 9.99. The molecule has 8 aliphatic rings. The van der Waals surface area contributed by atoms with E-state index in [1.807, 2.05) is 72.9 Å². The molecule has 706 valence electrons. The number of ether oxygens (including phenoxy) is 5. The summed E-state index contributed by atoms with van der Waals surface area (Å²) in [4.78, 5) is 128. The van der Waals surface area contributed by atoms with Crippen molar-refractivity contribution in [2.24, 2.45) is 20.6 Å². The van der Waals surface area contributed by atoms with Gasteiger partial charge in [-0.1, -0.05) is 105 Å². The number of rotatable bonds is 12. The molecule has 4 amide bonds. The quantitative estimate of drug-likeness (QED) is 0.0283. The van der Waals surface area contributed by atoms with Crippen LogP contribution in [0.25, 0.3) is 0 Å². The average Bonchev–Trinajstić information content (AvgIpc) is 0.810. The molecular formula is C97H121ClN8O25. The lowest BCUT2D eigenvalue weighted by Gasteiger charge is -2.26. The Bertz CT molecular complexity index is 4770. The summed E-state index contributed by atoms with van der Waals surface area (Å²) in [6.07, 6.45) is 48.0. The Morgan fingerprint density at radius 1 is 0.344 bits per heavy atom. The number of esters is 4. The Hall–Kier alpha value is -12.9. The molecule has 4 aromatic rings. The summed E-state index contributed by atoms with van der Waals surface area (Å²) < 4.78 is 26.8. The lowest BCUT2D eigenvalue weighted by Crippen LogP contribution is -2.42. The van der Waals surface area contributed by atoms with Gasteiger partial charge in [-0.15, -0.1) is 0 Å². The average molecular weight is 1830 g/mol. The van der Waals surface area contributed by atoms with Crippen LogP contribution in [0.3, 0.4) is 0 Å². The third-order valence-electron chi connectivity index (χ3n) is 21.6. The number of hydrogen-bond donors (Lipinski definition) is 8. The number of carbonyl (C=O) groups excluding carboxylic acids is 8. The van der Waals surface area contributed by atoms with Gasteiger partial charge in [0.15, 0.2) is 26.4 Å². The first-order valence-corrected chi connectivity index (χ1v) is 45.1. The van der Waals surface area contributed by atoms with Gasteiger partial charge in [-0.2, -0.15) is 0 Å². The number of likely N-dealkylation sites (tertiary alicyclic amines) is 3. The van der Waals surface area contributed by atoms with Gasteiger partial charge in [-0.25, -0.2) is 19.2 Å². The molecule has 2 atom stereocenters. The van der Waals surface area contributed by atoms with Crippen molar-refractivity contribution in [3.05, 3.63) is 189 Å². The van der Waals surface area contributed by atoms with Gasteiger partial charge in [0.05, 0.1) is 54.3 Å². The molecular weight excluding hydrogens is 1710 g/mol. The SMILES string of the molecule is C[C@@H]1C/C=C/CC/C=C/C(=N/OCC(=O)N2CCCCC2)Cc2cc(O)cc(O)c2C(=O)O1.C[C@@H]1C/C=C/CC/C=C/C(=N\OCC(=O)N2CCCCC2)Cc2cc(O)cc(O)c2C(=O)O1.O=C1OCC/C=C/CC/C=C/C(=N/OCC(=O)N2CCOCC2)Cc2c(Cl)c(O)cc(O)c21.O=C1OCC/C=C/CC/C=C/C(=N\OCC(=O)N2CCCCC2)Cc2cc(O)cc(O)c21. The van der Waals surface area contributed by atoms with Gasteiger partial charge in [-0.05, 0) is 201 Å². The molecule has 34 heteroatoms. The van der Waals surface area contributed by atoms with Crippen LogP contribution < -0.4 is 0 Å². The van der Waals surface area contributed by atoms with Crippen LogP contribution in [-0.4, -0.2) is 248 Å². The van der Waals surface area contributed by atoms with E-state index < -0.39 is 29.6 Å². The number of cyclic esters (lactones) is 4. The molecule has 8 aliphatic heterocycles. The second-order valence-electron chi connectivity index (χ2n) is 32.1. The minimum atomic E-state index is -0.762. The molecule has 0 saturated carbocycles. The van der Waals surface area contributed by atoms with Crippen LogP contribution in [0.1, 0.15) is 212 Å². The van der Waals surface area contributed by atoms with E-state index in [0.29, 0.717) is 91.5 Å². The summed E-state index contributed by atoms with van der Waals surface area (Å²) in [5.74, 6) is -5.79. The van der Waals surface area contributed by atoms with Crippen molar-refractivity contribution >= 4 is 82.0 Å². The maximum atomic E-state index is 12.8. The van der Waals surface area contributed by atoms with Gasteiger partial charge < -0.3 is 103 Å². The second-order valence-corrected chi connectivity index (χ2v) is 32.5. The summed E-state index contributed by atoms with van der Waals surface area (Å²) in [5, 5.41) is 97.7. The van der Waals surface area contributed by atoms with Crippen molar-refractivity contribution in [2.45, 2.75) is 187 Å². The number of piperidine rings is 3. The van der Waals surface area contributed by atoms with Crippen molar-refractivity contribution in [1.82, 2.24) is 19.6 Å². The molecule has 8 heterocycles. The normalized spacial score (nSPS) is 22.1. The molecule has 0 radical (unpaired) electrons. The zero-order chi connectivity index (χ0) is 93.7. The number of hydrogen-bond acceptors (Lipinski definition) is 29. The Morgan fingerprint density at radius 3 is 0.985 bits per heavy atom. The van der Waals surface area contributed by atoms with Crippen LogP contribution in [0.4, 0.5) is 0 Å². The van der Waals surface area contributed by atoms with Crippen LogP contribution in [0.2, 0.25) is 5.02 Å². The van der Waals surface area contributed by atoms with Crippen molar-refractivity contribution in [3.8, 4) is 46.0 Å². The van der Waals surface area contributed by atoms with Crippen LogP contribution in [0.5, 0.6) is 46.0 Å². The van der Waals surface area contributed by atoms with E-state index in [1.165, 1.54) is 18.2 Å². The number of benzene rings is 4. The molecule has 4 fully saturated rings. The summed E-state index contributed by atoms with van der Waals surface area (Å²) >= 11 is 6.28. The fraction of sp³-hybridized carbons (Fsp3) is 0.464. The van der Waals surface area contributed by atoms with Gasteiger partial charge in [-0.3, -0.25) is 19.2 Å². The first kappa shape index (κ1) is 102. The molecule has 12 rings (SSSR count). The fourth-order valence-electron chi connectivity index (χ4n) is 14.8. The lowest BCUT2D eigenvalue weighted by molar-refractivity contribution is -0.140. The van der Waals surface area contributed by atoms with E-state index in [-0.39, 0.29) is 174 Å². The molecule has 0 bridgehead atoms. The number of amides is 4. The molecule has 4 saturated heterocycles.